The topological polar surface area (TPSA) is 111 Å². The number of primary sulfonamides is 1. The number of hydrogen-bond donors (Lipinski definition) is 2. The van der Waals surface area contributed by atoms with Crippen LogP contribution in [0.1, 0.15) is 11.3 Å². The lowest BCUT2D eigenvalue weighted by atomic mass is 9.97. The van der Waals surface area contributed by atoms with Crippen molar-refractivity contribution >= 4 is 21.6 Å². The largest absolute Gasteiger partial charge is 0.364 e. The number of hydrogen-bond acceptors (Lipinski definition) is 4. The summed E-state index contributed by atoms with van der Waals surface area (Å²) in [6.07, 6.45) is 1.63. The van der Waals surface area contributed by atoms with Crippen molar-refractivity contribution in [1.29, 1.82) is 0 Å². The molecule has 2 aromatic carbocycles. The van der Waals surface area contributed by atoms with Gasteiger partial charge >= 0.3 is 0 Å². The minimum Gasteiger partial charge on any atom is -0.364 e. The SMILES string of the molecule is Cc1[nH]cc2c(=O)n(-c3ccc(Cl)cc3)nc-2c1-c1cccc(CS(N)(=O)=O)c1. The van der Waals surface area contributed by atoms with Crippen LogP contribution in [0.3, 0.4) is 0 Å². The first kappa shape index (κ1) is 19.4. The number of aryl methyl sites for hydroxylation is 1. The highest BCUT2D eigenvalue weighted by Gasteiger charge is 2.22. The fourth-order valence-electron chi connectivity index (χ4n) is 3.32. The highest BCUT2D eigenvalue weighted by Crippen LogP contribution is 2.33. The number of nitrogens with two attached hydrogens (primary N) is 1. The second-order valence-electron chi connectivity index (χ2n) is 6.75. The Balaban J connectivity index is 1.91. The lowest BCUT2D eigenvalue weighted by Gasteiger charge is -2.11. The molecule has 0 saturated heterocycles. The Morgan fingerprint density at radius 2 is 1.90 bits per heavy atom. The number of nitrogens with one attached hydrogen (secondary N) is 1. The average Bonchev–Trinajstić information content (AvgIpc) is 2.97. The van der Waals surface area contributed by atoms with E-state index >= 15 is 0 Å². The van der Waals surface area contributed by atoms with Gasteiger partial charge in [0.1, 0.15) is 5.69 Å². The Labute approximate surface area is 172 Å². The number of nitrogens with zero attached hydrogens (tertiary/aromatic N) is 2. The van der Waals surface area contributed by atoms with Crippen molar-refractivity contribution in [2.24, 2.45) is 5.14 Å². The van der Waals surface area contributed by atoms with Crippen molar-refractivity contribution in [3.8, 4) is 28.1 Å². The van der Waals surface area contributed by atoms with Gasteiger partial charge in [-0.05, 0) is 48.4 Å². The Kier molecular flexibility index (Phi) is 4.77. The summed E-state index contributed by atoms with van der Waals surface area (Å²) in [6, 6.07) is 13.9. The maximum absolute atomic E-state index is 12.9. The van der Waals surface area contributed by atoms with Crippen LogP contribution in [0.4, 0.5) is 0 Å². The molecule has 3 N–H and O–H groups in total. The van der Waals surface area contributed by atoms with Crippen LogP contribution in [-0.2, 0) is 15.8 Å². The molecule has 0 aliphatic carbocycles. The second kappa shape index (κ2) is 7.14. The lowest BCUT2D eigenvalue weighted by Crippen LogP contribution is -2.14. The van der Waals surface area contributed by atoms with Crippen molar-refractivity contribution in [3.63, 3.8) is 0 Å². The molecule has 2 heterocycles. The molecule has 29 heavy (non-hydrogen) atoms. The number of halogens is 1. The standard InChI is InChI=1S/C20H17ClN4O3S/c1-12-18(14-4-2-3-13(9-14)11-29(22,27)28)19-17(10-23-12)20(26)25(24-19)16-7-5-15(21)6-8-16/h2-10,23H,11H2,1H3,(H2,22,27,28). The van der Waals surface area contributed by atoms with Crippen LogP contribution in [0.2, 0.25) is 5.02 Å². The summed E-state index contributed by atoms with van der Waals surface area (Å²) in [5.41, 5.74) is 4.11. The van der Waals surface area contributed by atoms with E-state index < -0.39 is 10.0 Å². The molecule has 9 heteroatoms. The zero-order chi connectivity index (χ0) is 20.8. The Morgan fingerprint density at radius 1 is 1.17 bits per heavy atom. The second-order valence-corrected chi connectivity index (χ2v) is 8.80. The third kappa shape index (κ3) is 3.82. The van der Waals surface area contributed by atoms with Gasteiger partial charge in [-0.2, -0.15) is 9.78 Å². The first-order chi connectivity index (χ1) is 13.7. The predicted molar refractivity (Wildman–Crippen MR) is 113 cm³/mol. The van der Waals surface area contributed by atoms with E-state index in [-0.39, 0.29) is 11.3 Å². The van der Waals surface area contributed by atoms with Crippen molar-refractivity contribution in [2.75, 3.05) is 0 Å². The Bertz CT molecular complexity index is 1340. The normalized spacial score (nSPS) is 11.8. The zero-order valence-electron chi connectivity index (χ0n) is 15.4. The van der Waals surface area contributed by atoms with Crippen molar-refractivity contribution in [3.05, 3.63) is 81.4 Å². The summed E-state index contributed by atoms with van der Waals surface area (Å²) in [7, 11) is -3.66. The van der Waals surface area contributed by atoms with E-state index in [1.165, 1.54) is 4.68 Å². The fraction of sp³-hybridized carbons (Fsp3) is 0.100. The molecule has 0 unspecified atom stereocenters. The van der Waals surface area contributed by atoms with Crippen molar-refractivity contribution < 1.29 is 8.42 Å². The van der Waals surface area contributed by atoms with E-state index in [1.54, 1.807) is 48.7 Å². The average molecular weight is 429 g/mol. The first-order valence-electron chi connectivity index (χ1n) is 8.70. The molecule has 2 aromatic rings. The third-order valence-corrected chi connectivity index (χ3v) is 5.57. The van der Waals surface area contributed by atoms with E-state index in [0.717, 1.165) is 16.8 Å². The van der Waals surface area contributed by atoms with Gasteiger partial charge in [-0.15, -0.1) is 0 Å². The van der Waals surface area contributed by atoms with Crippen LogP contribution in [0.25, 0.3) is 28.1 Å². The summed E-state index contributed by atoms with van der Waals surface area (Å²) in [5, 5.41) is 10.3. The molecule has 2 aliphatic rings. The first-order valence-corrected chi connectivity index (χ1v) is 10.8. The van der Waals surface area contributed by atoms with E-state index in [4.69, 9.17) is 16.7 Å². The van der Waals surface area contributed by atoms with E-state index in [2.05, 4.69) is 10.1 Å². The number of benzene rings is 2. The third-order valence-electron chi connectivity index (χ3n) is 4.58. The molecule has 148 valence electrons. The van der Waals surface area contributed by atoms with Gasteiger partial charge < -0.3 is 4.98 Å². The summed E-state index contributed by atoms with van der Waals surface area (Å²) in [4.78, 5) is 16.0. The lowest BCUT2D eigenvalue weighted by molar-refractivity contribution is 0.597. The summed E-state index contributed by atoms with van der Waals surface area (Å²) in [5.74, 6) is -0.272. The van der Waals surface area contributed by atoms with Crippen molar-refractivity contribution in [1.82, 2.24) is 14.8 Å². The number of pyridine rings is 1. The molecule has 4 rings (SSSR count). The molecule has 2 aliphatic heterocycles. The molecule has 0 aromatic heterocycles. The van der Waals surface area contributed by atoms with Crippen LogP contribution in [0, 0.1) is 6.92 Å². The van der Waals surface area contributed by atoms with Gasteiger partial charge in [0.25, 0.3) is 5.56 Å². The zero-order valence-corrected chi connectivity index (χ0v) is 17.0. The highest BCUT2D eigenvalue weighted by molar-refractivity contribution is 7.88. The summed E-state index contributed by atoms with van der Waals surface area (Å²) >= 11 is 5.94. The molecule has 0 radical (unpaired) electrons. The van der Waals surface area contributed by atoms with E-state index in [0.29, 0.717) is 27.5 Å². The minimum absolute atomic E-state index is 0.263. The number of sulfonamides is 1. The molecular formula is C20H17ClN4O3S. The van der Waals surface area contributed by atoms with Crippen LogP contribution in [-0.4, -0.2) is 23.2 Å². The van der Waals surface area contributed by atoms with Gasteiger partial charge in [0, 0.05) is 22.5 Å². The molecular weight excluding hydrogens is 412 g/mol. The van der Waals surface area contributed by atoms with Gasteiger partial charge in [-0.1, -0.05) is 29.8 Å². The molecule has 0 fully saturated rings. The number of H-pyrrole nitrogens is 1. The molecule has 0 bridgehead atoms. The predicted octanol–water partition coefficient (Wildman–Crippen LogP) is 3.08. The molecule has 0 atom stereocenters. The molecule has 0 saturated carbocycles. The van der Waals surface area contributed by atoms with E-state index in [1.807, 2.05) is 13.0 Å². The number of aromatic nitrogens is 3. The number of fused-ring (bicyclic) bond motifs is 1. The van der Waals surface area contributed by atoms with Gasteiger partial charge in [-0.3, -0.25) is 4.79 Å². The van der Waals surface area contributed by atoms with Gasteiger partial charge in [0.15, 0.2) is 0 Å². The van der Waals surface area contributed by atoms with Gasteiger partial charge in [0.05, 0.1) is 17.0 Å². The van der Waals surface area contributed by atoms with Gasteiger partial charge in [0.2, 0.25) is 10.0 Å². The Hall–Kier alpha value is -2.94. The fourth-order valence-corrected chi connectivity index (χ4v) is 4.09. The Morgan fingerprint density at radius 3 is 2.59 bits per heavy atom. The summed E-state index contributed by atoms with van der Waals surface area (Å²) in [6.45, 7) is 1.87. The molecule has 0 spiro atoms. The summed E-state index contributed by atoms with van der Waals surface area (Å²) < 4.78 is 24.2. The van der Waals surface area contributed by atoms with Crippen molar-refractivity contribution in [2.45, 2.75) is 12.7 Å². The molecule has 0 amide bonds. The van der Waals surface area contributed by atoms with E-state index in [9.17, 15) is 13.2 Å². The van der Waals surface area contributed by atoms with Crippen LogP contribution >= 0.6 is 11.6 Å². The maximum atomic E-state index is 12.9. The van der Waals surface area contributed by atoms with Crippen LogP contribution in [0.15, 0.2) is 59.5 Å². The quantitative estimate of drug-likeness (QED) is 0.520. The van der Waals surface area contributed by atoms with Gasteiger partial charge in [-0.25, -0.2) is 13.6 Å². The van der Waals surface area contributed by atoms with Crippen LogP contribution in [0.5, 0.6) is 0 Å². The minimum atomic E-state index is -3.66. The maximum Gasteiger partial charge on any atom is 0.282 e. The smallest absolute Gasteiger partial charge is 0.282 e. The monoisotopic (exact) mass is 428 g/mol. The molecule has 7 nitrogen and oxygen atoms in total. The highest BCUT2D eigenvalue weighted by atomic mass is 35.5. The van der Waals surface area contributed by atoms with Crippen LogP contribution < -0.4 is 10.7 Å². The number of rotatable bonds is 4. The number of aromatic amines is 1.